The van der Waals surface area contributed by atoms with Gasteiger partial charge in [-0.2, -0.15) is 0 Å². The Morgan fingerprint density at radius 2 is 2.06 bits per heavy atom. The number of rotatable bonds is 6. The third kappa shape index (κ3) is 4.63. The van der Waals surface area contributed by atoms with Crippen molar-refractivity contribution in [2.75, 3.05) is 25.1 Å². The van der Waals surface area contributed by atoms with Crippen LogP contribution in [0.5, 0.6) is 0 Å². The highest BCUT2D eigenvalue weighted by Crippen LogP contribution is 2.20. The Labute approximate surface area is 115 Å². The van der Waals surface area contributed by atoms with Crippen LogP contribution in [0.25, 0.3) is 0 Å². The first-order valence-corrected chi connectivity index (χ1v) is 8.97. The standard InChI is InChI=1S/C14H30N2OS/c1-6-7-13-9-16(12(4)10-18(5)17)14(8-15-13)11(2)3/h11-15H,6-10H2,1-5H3. The van der Waals surface area contributed by atoms with Crippen molar-refractivity contribution >= 4 is 10.8 Å². The van der Waals surface area contributed by atoms with Crippen LogP contribution in [0.4, 0.5) is 0 Å². The first kappa shape index (κ1) is 16.1. The lowest BCUT2D eigenvalue weighted by Crippen LogP contribution is -2.61. The van der Waals surface area contributed by atoms with E-state index in [1.807, 2.05) is 6.26 Å². The maximum absolute atomic E-state index is 11.4. The molecule has 108 valence electrons. The summed E-state index contributed by atoms with van der Waals surface area (Å²) < 4.78 is 11.4. The average Bonchev–Trinajstić information content (AvgIpc) is 2.28. The molecule has 1 N–H and O–H groups in total. The molecule has 4 atom stereocenters. The Morgan fingerprint density at radius 3 is 2.56 bits per heavy atom. The van der Waals surface area contributed by atoms with Gasteiger partial charge in [0.25, 0.3) is 0 Å². The van der Waals surface area contributed by atoms with Gasteiger partial charge in [0, 0.05) is 54.0 Å². The molecule has 0 saturated carbocycles. The van der Waals surface area contributed by atoms with Gasteiger partial charge in [-0.1, -0.05) is 27.2 Å². The minimum atomic E-state index is -0.703. The highest BCUT2D eigenvalue weighted by atomic mass is 32.2. The highest BCUT2D eigenvalue weighted by molar-refractivity contribution is 7.84. The largest absolute Gasteiger partial charge is 0.311 e. The zero-order valence-corrected chi connectivity index (χ0v) is 13.4. The predicted molar refractivity (Wildman–Crippen MR) is 80.4 cm³/mol. The molecule has 3 nitrogen and oxygen atoms in total. The van der Waals surface area contributed by atoms with E-state index >= 15 is 0 Å². The molecule has 0 aromatic rings. The van der Waals surface area contributed by atoms with Crippen LogP contribution in [0.1, 0.15) is 40.5 Å². The molecule has 1 aliphatic heterocycles. The quantitative estimate of drug-likeness (QED) is 0.802. The predicted octanol–water partition coefficient (Wildman–Crippen LogP) is 1.85. The van der Waals surface area contributed by atoms with Gasteiger partial charge >= 0.3 is 0 Å². The van der Waals surface area contributed by atoms with E-state index in [2.05, 4.69) is 37.9 Å². The molecule has 0 spiro atoms. The smallest absolute Gasteiger partial charge is 0.0385 e. The van der Waals surface area contributed by atoms with Gasteiger partial charge in [-0.15, -0.1) is 0 Å². The van der Waals surface area contributed by atoms with E-state index in [9.17, 15) is 4.21 Å². The number of piperazine rings is 1. The molecule has 0 bridgehead atoms. The Morgan fingerprint density at radius 1 is 1.39 bits per heavy atom. The number of hydrogen-bond donors (Lipinski definition) is 1. The van der Waals surface area contributed by atoms with Crippen LogP contribution < -0.4 is 5.32 Å². The fourth-order valence-corrected chi connectivity index (χ4v) is 3.83. The van der Waals surface area contributed by atoms with Gasteiger partial charge < -0.3 is 5.32 Å². The molecule has 4 unspecified atom stereocenters. The molecule has 4 heteroatoms. The third-order valence-electron chi connectivity index (χ3n) is 3.92. The third-order valence-corrected chi connectivity index (χ3v) is 4.87. The summed E-state index contributed by atoms with van der Waals surface area (Å²) in [5.74, 6) is 1.44. The van der Waals surface area contributed by atoms with E-state index in [1.165, 1.54) is 12.8 Å². The van der Waals surface area contributed by atoms with Gasteiger partial charge in [-0.25, -0.2) is 0 Å². The van der Waals surface area contributed by atoms with Gasteiger partial charge in [0.2, 0.25) is 0 Å². The average molecular weight is 274 g/mol. The minimum absolute atomic E-state index is 0.421. The number of hydrogen-bond acceptors (Lipinski definition) is 3. The maximum atomic E-state index is 11.4. The molecule has 0 aliphatic carbocycles. The summed E-state index contributed by atoms with van der Waals surface area (Å²) in [5.41, 5.74) is 0. The van der Waals surface area contributed by atoms with Crippen molar-refractivity contribution in [1.29, 1.82) is 0 Å². The van der Waals surface area contributed by atoms with Crippen molar-refractivity contribution in [1.82, 2.24) is 10.2 Å². The zero-order valence-electron chi connectivity index (χ0n) is 12.6. The summed E-state index contributed by atoms with van der Waals surface area (Å²) in [5, 5.41) is 3.67. The molecule has 1 rings (SSSR count). The van der Waals surface area contributed by atoms with E-state index in [1.54, 1.807) is 0 Å². The van der Waals surface area contributed by atoms with Crippen molar-refractivity contribution in [3.63, 3.8) is 0 Å². The first-order chi connectivity index (χ1) is 8.45. The van der Waals surface area contributed by atoms with E-state index in [0.29, 0.717) is 24.0 Å². The van der Waals surface area contributed by atoms with Crippen LogP contribution in [-0.4, -0.2) is 52.3 Å². The topological polar surface area (TPSA) is 32.3 Å². The van der Waals surface area contributed by atoms with E-state index in [4.69, 9.17) is 0 Å². The molecule has 18 heavy (non-hydrogen) atoms. The van der Waals surface area contributed by atoms with Crippen molar-refractivity contribution in [2.45, 2.75) is 58.7 Å². The lowest BCUT2D eigenvalue weighted by molar-refractivity contribution is 0.0684. The van der Waals surface area contributed by atoms with Crippen molar-refractivity contribution in [3.05, 3.63) is 0 Å². The molecule has 0 aromatic heterocycles. The lowest BCUT2D eigenvalue weighted by atomic mass is 9.95. The molecule has 0 amide bonds. The second-order valence-electron chi connectivity index (χ2n) is 5.99. The van der Waals surface area contributed by atoms with E-state index < -0.39 is 10.8 Å². The first-order valence-electron chi connectivity index (χ1n) is 7.24. The summed E-state index contributed by atoms with van der Waals surface area (Å²) >= 11 is 0. The van der Waals surface area contributed by atoms with Gasteiger partial charge in [-0.3, -0.25) is 9.11 Å². The number of nitrogens with one attached hydrogen (secondary N) is 1. The summed E-state index contributed by atoms with van der Waals surface area (Å²) in [6.45, 7) is 11.2. The molecular formula is C14H30N2OS. The van der Waals surface area contributed by atoms with Crippen molar-refractivity contribution in [3.8, 4) is 0 Å². The zero-order chi connectivity index (χ0) is 13.7. The van der Waals surface area contributed by atoms with Crippen LogP contribution >= 0.6 is 0 Å². The molecule has 1 aliphatic rings. The highest BCUT2D eigenvalue weighted by Gasteiger charge is 2.32. The summed E-state index contributed by atoms with van der Waals surface area (Å²) in [7, 11) is -0.703. The van der Waals surface area contributed by atoms with Crippen LogP contribution in [0.15, 0.2) is 0 Å². The van der Waals surface area contributed by atoms with Gasteiger partial charge in [0.1, 0.15) is 0 Å². The second-order valence-corrected chi connectivity index (χ2v) is 7.47. The molecular weight excluding hydrogens is 244 g/mol. The SMILES string of the molecule is CCCC1CN(C(C)CS(C)=O)C(C(C)C)CN1. The van der Waals surface area contributed by atoms with Gasteiger partial charge in [0.05, 0.1) is 0 Å². The monoisotopic (exact) mass is 274 g/mol. The Balaban J connectivity index is 2.68. The van der Waals surface area contributed by atoms with Crippen LogP contribution in [0, 0.1) is 5.92 Å². The second kappa shape index (κ2) is 7.61. The fraction of sp³-hybridized carbons (Fsp3) is 1.00. The summed E-state index contributed by atoms with van der Waals surface area (Å²) in [6.07, 6.45) is 4.28. The molecule has 1 fully saturated rings. The van der Waals surface area contributed by atoms with Crippen LogP contribution in [0.3, 0.4) is 0 Å². The normalized spacial score (nSPS) is 29.4. The van der Waals surface area contributed by atoms with Crippen molar-refractivity contribution in [2.24, 2.45) is 5.92 Å². The maximum Gasteiger partial charge on any atom is 0.0385 e. The molecule has 1 heterocycles. The van der Waals surface area contributed by atoms with Crippen molar-refractivity contribution < 1.29 is 4.21 Å². The molecule has 1 saturated heterocycles. The van der Waals surface area contributed by atoms with E-state index in [-0.39, 0.29) is 0 Å². The van der Waals surface area contributed by atoms with Crippen LogP contribution in [-0.2, 0) is 10.8 Å². The van der Waals surface area contributed by atoms with Crippen LogP contribution in [0.2, 0.25) is 0 Å². The Bertz CT molecular complexity index is 271. The Kier molecular flexibility index (Phi) is 6.82. The van der Waals surface area contributed by atoms with E-state index in [0.717, 1.165) is 18.8 Å². The van der Waals surface area contributed by atoms with Gasteiger partial charge in [-0.05, 0) is 19.3 Å². The fourth-order valence-electron chi connectivity index (χ4n) is 2.96. The lowest BCUT2D eigenvalue weighted by Gasteiger charge is -2.45. The molecule has 0 radical (unpaired) electrons. The minimum Gasteiger partial charge on any atom is -0.311 e. The van der Waals surface area contributed by atoms with Gasteiger partial charge in [0.15, 0.2) is 0 Å². The Hall–Kier alpha value is 0.0700. The molecule has 0 aromatic carbocycles. The summed E-state index contributed by atoms with van der Waals surface area (Å²) in [4.78, 5) is 2.59. The number of nitrogens with zero attached hydrogens (tertiary/aromatic N) is 1. The summed E-state index contributed by atoms with van der Waals surface area (Å²) in [6, 6.07) is 1.61.